The molecule has 0 unspecified atom stereocenters. The third-order valence-electron chi connectivity index (χ3n) is 4.47. The minimum atomic E-state index is -1.12. The second-order valence-corrected chi connectivity index (χ2v) is 7.02. The van der Waals surface area contributed by atoms with Gasteiger partial charge in [-0.1, -0.05) is 24.6 Å². The van der Waals surface area contributed by atoms with Crippen molar-refractivity contribution in [1.29, 1.82) is 0 Å². The number of esters is 1. The number of carbonyl (C=O) groups is 4. The Morgan fingerprint density at radius 1 is 1.37 bits per heavy atom. The van der Waals surface area contributed by atoms with E-state index < -0.39 is 42.0 Å². The Hall–Kier alpha value is -2.61. The molecular weight excluding hydrogens is 374 g/mol. The molecule has 146 valence electrons. The molecule has 0 saturated carbocycles. The summed E-state index contributed by atoms with van der Waals surface area (Å²) in [6.07, 6.45) is -0.727. The summed E-state index contributed by atoms with van der Waals surface area (Å²) in [6.45, 7) is 5.97. The number of imide groups is 1. The number of carbonyl (C=O) groups excluding carboxylic acids is 4. The molecule has 9 heteroatoms. The van der Waals surface area contributed by atoms with Crippen molar-refractivity contribution in [1.82, 2.24) is 10.2 Å². The number of halogens is 1. The first-order valence-electron chi connectivity index (χ1n) is 8.48. The maximum Gasteiger partial charge on any atom is 0.327 e. The largest absolute Gasteiger partial charge is 0.451 e. The summed E-state index contributed by atoms with van der Waals surface area (Å²) in [5.41, 5.74) is 0.262. The molecule has 0 aromatic heterocycles. The summed E-state index contributed by atoms with van der Waals surface area (Å²) in [7, 11) is 0. The fourth-order valence-corrected chi connectivity index (χ4v) is 2.68. The molecule has 0 radical (unpaired) electrons. The number of ether oxygens (including phenoxy) is 1. The molecule has 1 saturated heterocycles. The number of amides is 4. The fraction of sp³-hybridized carbons (Fsp3) is 0.444. The van der Waals surface area contributed by atoms with E-state index in [-0.39, 0.29) is 0 Å². The molecule has 1 aliphatic heterocycles. The van der Waals surface area contributed by atoms with Gasteiger partial charge in [0.05, 0.1) is 0 Å². The minimum absolute atomic E-state index is 0.390. The Morgan fingerprint density at radius 2 is 2.04 bits per heavy atom. The van der Waals surface area contributed by atoms with Gasteiger partial charge in [-0.15, -0.1) is 0 Å². The quantitative estimate of drug-likeness (QED) is 0.567. The van der Waals surface area contributed by atoms with Gasteiger partial charge in [-0.3, -0.25) is 19.3 Å². The van der Waals surface area contributed by atoms with E-state index in [1.165, 1.54) is 6.92 Å². The normalized spacial score (nSPS) is 20.3. The molecule has 0 aliphatic carbocycles. The lowest BCUT2D eigenvalue weighted by Crippen LogP contribution is -2.44. The molecule has 0 bridgehead atoms. The molecule has 2 atom stereocenters. The first-order valence-corrected chi connectivity index (χ1v) is 8.85. The maximum absolute atomic E-state index is 12.3. The lowest BCUT2D eigenvalue weighted by atomic mass is 9.99. The van der Waals surface area contributed by atoms with Gasteiger partial charge >= 0.3 is 12.0 Å². The van der Waals surface area contributed by atoms with Crippen LogP contribution in [0.2, 0.25) is 5.02 Å². The van der Waals surface area contributed by atoms with Crippen LogP contribution in [0.5, 0.6) is 0 Å². The Morgan fingerprint density at radius 3 is 2.63 bits per heavy atom. The molecular formula is C18H22ClN3O5. The van der Waals surface area contributed by atoms with Crippen LogP contribution in [-0.2, 0) is 19.1 Å². The Kier molecular flexibility index (Phi) is 6.10. The average Bonchev–Trinajstić information content (AvgIpc) is 2.81. The maximum atomic E-state index is 12.3. The zero-order valence-electron chi connectivity index (χ0n) is 15.6. The topological polar surface area (TPSA) is 105 Å². The average molecular weight is 396 g/mol. The molecule has 1 aromatic rings. The van der Waals surface area contributed by atoms with Gasteiger partial charge in [0.1, 0.15) is 12.1 Å². The van der Waals surface area contributed by atoms with Crippen LogP contribution in [0, 0.1) is 6.92 Å². The van der Waals surface area contributed by atoms with Crippen LogP contribution in [0.3, 0.4) is 0 Å². The van der Waals surface area contributed by atoms with E-state index in [0.717, 1.165) is 10.5 Å². The zero-order chi connectivity index (χ0) is 20.4. The summed E-state index contributed by atoms with van der Waals surface area (Å²) in [4.78, 5) is 49.3. The van der Waals surface area contributed by atoms with Crippen LogP contribution < -0.4 is 10.6 Å². The van der Waals surface area contributed by atoms with Crippen molar-refractivity contribution >= 4 is 41.1 Å². The van der Waals surface area contributed by atoms with Gasteiger partial charge in [0.15, 0.2) is 6.10 Å². The van der Waals surface area contributed by atoms with Crippen LogP contribution in [0.15, 0.2) is 18.2 Å². The predicted octanol–water partition coefficient (Wildman–Crippen LogP) is 2.24. The lowest BCUT2D eigenvalue weighted by molar-refractivity contribution is -0.155. The second-order valence-electron chi connectivity index (χ2n) is 6.59. The van der Waals surface area contributed by atoms with Gasteiger partial charge in [-0.25, -0.2) is 4.79 Å². The van der Waals surface area contributed by atoms with E-state index in [1.54, 1.807) is 39.0 Å². The van der Waals surface area contributed by atoms with E-state index in [1.807, 2.05) is 0 Å². The monoisotopic (exact) mass is 395 g/mol. The van der Waals surface area contributed by atoms with Crippen molar-refractivity contribution < 1.29 is 23.9 Å². The molecule has 4 amide bonds. The molecule has 1 fully saturated rings. The number of benzene rings is 1. The lowest BCUT2D eigenvalue weighted by Gasteiger charge is -2.19. The highest BCUT2D eigenvalue weighted by Gasteiger charge is 2.47. The molecule has 1 aromatic carbocycles. The number of anilines is 1. The third kappa shape index (κ3) is 4.57. The number of nitrogens with one attached hydrogen (secondary N) is 2. The number of rotatable bonds is 6. The van der Waals surface area contributed by atoms with Crippen LogP contribution in [0.1, 0.15) is 32.8 Å². The van der Waals surface area contributed by atoms with Crippen molar-refractivity contribution in [3.05, 3.63) is 28.8 Å². The molecule has 1 aliphatic rings. The van der Waals surface area contributed by atoms with Gasteiger partial charge in [0.2, 0.25) is 0 Å². The predicted molar refractivity (Wildman–Crippen MR) is 99.3 cm³/mol. The SMILES string of the molecule is CC[C@@]1(C)NC(=O)N(CC(=O)O[C@H](C)C(=O)Nc2cc(Cl)ccc2C)C1=O. The van der Waals surface area contributed by atoms with Crippen molar-refractivity contribution in [2.75, 3.05) is 11.9 Å². The third-order valence-corrected chi connectivity index (χ3v) is 4.71. The summed E-state index contributed by atoms with van der Waals surface area (Å²) >= 11 is 5.91. The summed E-state index contributed by atoms with van der Waals surface area (Å²) < 4.78 is 5.06. The fourth-order valence-electron chi connectivity index (χ4n) is 2.51. The summed E-state index contributed by atoms with van der Waals surface area (Å²) in [5, 5.41) is 5.63. The number of urea groups is 1. The van der Waals surface area contributed by atoms with Crippen LogP contribution in [-0.4, -0.2) is 46.9 Å². The van der Waals surface area contributed by atoms with E-state index in [0.29, 0.717) is 17.1 Å². The van der Waals surface area contributed by atoms with Crippen molar-refractivity contribution in [2.45, 2.75) is 45.8 Å². The van der Waals surface area contributed by atoms with Crippen LogP contribution in [0.25, 0.3) is 0 Å². The Balaban J connectivity index is 1.95. The highest BCUT2D eigenvalue weighted by Crippen LogP contribution is 2.22. The molecule has 8 nitrogen and oxygen atoms in total. The van der Waals surface area contributed by atoms with Crippen LogP contribution in [0.4, 0.5) is 10.5 Å². The standard InChI is InChI=1S/C18H22ClN3O5/c1-5-18(4)16(25)22(17(26)21-18)9-14(23)27-11(3)15(24)20-13-8-12(19)7-6-10(13)2/h6-8,11H,5,9H2,1-4H3,(H,20,24)(H,21,26)/t11-,18-/m1/s1. The summed E-state index contributed by atoms with van der Waals surface area (Å²) in [6, 6.07) is 4.37. The highest BCUT2D eigenvalue weighted by atomic mass is 35.5. The smallest absolute Gasteiger partial charge is 0.327 e. The number of hydrogen-bond acceptors (Lipinski definition) is 5. The molecule has 2 rings (SSSR count). The Bertz CT molecular complexity index is 797. The van der Waals surface area contributed by atoms with Gasteiger partial charge in [-0.2, -0.15) is 0 Å². The molecule has 2 N–H and O–H groups in total. The number of aryl methyl sites for hydroxylation is 1. The highest BCUT2D eigenvalue weighted by molar-refractivity contribution is 6.31. The first kappa shape index (κ1) is 20.7. The first-order chi connectivity index (χ1) is 12.6. The zero-order valence-corrected chi connectivity index (χ0v) is 16.3. The van der Waals surface area contributed by atoms with E-state index in [2.05, 4.69) is 10.6 Å². The minimum Gasteiger partial charge on any atom is -0.451 e. The number of nitrogens with zero attached hydrogens (tertiary/aromatic N) is 1. The van der Waals surface area contributed by atoms with Gasteiger partial charge in [-0.05, 0) is 44.9 Å². The van der Waals surface area contributed by atoms with Gasteiger partial charge in [0.25, 0.3) is 11.8 Å². The van der Waals surface area contributed by atoms with Crippen LogP contribution >= 0.6 is 11.6 Å². The second kappa shape index (κ2) is 7.96. The molecule has 27 heavy (non-hydrogen) atoms. The summed E-state index contributed by atoms with van der Waals surface area (Å²) in [5.74, 6) is -1.91. The van der Waals surface area contributed by atoms with Gasteiger partial charge in [0, 0.05) is 10.7 Å². The van der Waals surface area contributed by atoms with E-state index >= 15 is 0 Å². The van der Waals surface area contributed by atoms with E-state index in [9.17, 15) is 19.2 Å². The number of hydrogen-bond donors (Lipinski definition) is 2. The van der Waals surface area contributed by atoms with Crippen molar-refractivity contribution in [2.24, 2.45) is 0 Å². The van der Waals surface area contributed by atoms with Crippen molar-refractivity contribution in [3.8, 4) is 0 Å². The molecule has 1 heterocycles. The van der Waals surface area contributed by atoms with Crippen molar-refractivity contribution in [3.63, 3.8) is 0 Å². The van der Waals surface area contributed by atoms with Gasteiger partial charge < -0.3 is 15.4 Å². The molecule has 0 spiro atoms. The van der Waals surface area contributed by atoms with E-state index in [4.69, 9.17) is 16.3 Å². The Labute approximate surface area is 162 Å².